The number of aromatic nitrogens is 1. The van der Waals surface area contributed by atoms with Crippen molar-refractivity contribution in [2.45, 2.75) is 51.9 Å². The largest absolute Gasteiger partial charge is 0.443 e. The lowest BCUT2D eigenvalue weighted by Crippen LogP contribution is -2.42. The van der Waals surface area contributed by atoms with E-state index in [1.54, 1.807) is 20.8 Å². The summed E-state index contributed by atoms with van der Waals surface area (Å²) in [5.74, 6) is 0.354. The van der Waals surface area contributed by atoms with Crippen molar-refractivity contribution in [1.29, 1.82) is 0 Å². The molecule has 0 saturated carbocycles. The van der Waals surface area contributed by atoms with Gasteiger partial charge in [0, 0.05) is 18.1 Å². The third-order valence-electron chi connectivity index (χ3n) is 3.56. The van der Waals surface area contributed by atoms with Crippen LogP contribution in [0.2, 0.25) is 0 Å². The van der Waals surface area contributed by atoms with E-state index in [2.05, 4.69) is 21.2 Å². The average Bonchev–Trinajstić information content (AvgIpc) is 3.09. The molecule has 30 heavy (non-hydrogen) atoms. The summed E-state index contributed by atoms with van der Waals surface area (Å²) in [6.45, 7) is 6.69. The number of hydrogen-bond donors (Lipinski definition) is 3. The van der Waals surface area contributed by atoms with Crippen LogP contribution in [-0.4, -0.2) is 27.8 Å². The van der Waals surface area contributed by atoms with Gasteiger partial charge in [-0.1, -0.05) is 36.0 Å². The van der Waals surface area contributed by atoms with Crippen molar-refractivity contribution in [3.05, 3.63) is 46.5 Å². The third kappa shape index (κ3) is 9.27. The number of thioether (sulfide) groups is 1. The Bertz CT molecular complexity index is 876. The molecule has 0 atom stereocenters. The van der Waals surface area contributed by atoms with Crippen molar-refractivity contribution in [2.75, 3.05) is 5.32 Å². The third-order valence-corrected chi connectivity index (χ3v) is 5.21. The summed E-state index contributed by atoms with van der Waals surface area (Å²) in [4.78, 5) is 38.8. The molecule has 10 heteroatoms. The van der Waals surface area contributed by atoms with Crippen molar-refractivity contribution in [3.8, 4) is 0 Å². The van der Waals surface area contributed by atoms with Gasteiger partial charge in [0.15, 0.2) is 5.13 Å². The van der Waals surface area contributed by atoms with Crippen molar-refractivity contribution in [3.63, 3.8) is 0 Å². The first-order chi connectivity index (χ1) is 14.1. The second kappa shape index (κ2) is 11.0. The van der Waals surface area contributed by atoms with Gasteiger partial charge in [-0.25, -0.2) is 15.2 Å². The minimum Gasteiger partial charge on any atom is -0.443 e. The fraction of sp³-hybridized carbons (Fsp3) is 0.400. The van der Waals surface area contributed by atoms with Gasteiger partial charge in [-0.15, -0.1) is 11.3 Å². The van der Waals surface area contributed by atoms with Gasteiger partial charge in [0.05, 0.1) is 5.69 Å². The molecule has 162 valence electrons. The molecule has 1 aromatic heterocycles. The van der Waals surface area contributed by atoms with Crippen LogP contribution in [0, 0.1) is 0 Å². The molecule has 3 amide bonds. The number of benzene rings is 1. The van der Waals surface area contributed by atoms with Crippen molar-refractivity contribution in [1.82, 2.24) is 15.8 Å². The van der Waals surface area contributed by atoms with Gasteiger partial charge >= 0.3 is 6.09 Å². The molecule has 8 nitrogen and oxygen atoms in total. The van der Waals surface area contributed by atoms with Crippen LogP contribution in [0.5, 0.6) is 0 Å². The summed E-state index contributed by atoms with van der Waals surface area (Å²) in [5, 5.41) is 4.87. The number of hydrazine groups is 1. The number of anilines is 1. The Hall–Kier alpha value is -2.59. The zero-order chi connectivity index (χ0) is 22.1. The Morgan fingerprint density at radius 3 is 2.37 bits per heavy atom. The fourth-order valence-corrected chi connectivity index (χ4v) is 3.70. The zero-order valence-electron chi connectivity index (χ0n) is 17.4. The van der Waals surface area contributed by atoms with Gasteiger partial charge < -0.3 is 10.1 Å². The van der Waals surface area contributed by atoms with E-state index in [9.17, 15) is 14.4 Å². The number of nitrogens with one attached hydrogen (secondary N) is 3. The van der Waals surface area contributed by atoms with E-state index < -0.39 is 11.7 Å². The van der Waals surface area contributed by atoms with E-state index in [-0.39, 0.29) is 11.1 Å². The molecule has 2 rings (SSSR count). The fourth-order valence-electron chi connectivity index (χ4n) is 2.29. The highest BCUT2D eigenvalue weighted by Crippen LogP contribution is 2.18. The first-order valence-electron chi connectivity index (χ1n) is 9.32. The highest BCUT2D eigenvalue weighted by Gasteiger charge is 2.16. The normalized spacial score (nSPS) is 10.9. The molecular weight excluding hydrogens is 424 g/mol. The van der Waals surface area contributed by atoms with Gasteiger partial charge in [-0.3, -0.25) is 15.0 Å². The number of ether oxygens (including phenoxy) is 1. The number of hydrogen-bond acceptors (Lipinski definition) is 7. The molecule has 0 aliphatic carbocycles. The molecular formula is C20H26N4O4S2. The van der Waals surface area contributed by atoms with Crippen LogP contribution >= 0.6 is 23.1 Å². The maximum atomic E-state index is 11.8. The number of carbonyl (C=O) groups is 3. The van der Waals surface area contributed by atoms with Crippen LogP contribution in [-0.2, 0) is 28.1 Å². The van der Waals surface area contributed by atoms with Crippen LogP contribution in [0.3, 0.4) is 0 Å². The Labute approximate surface area is 184 Å². The maximum absolute atomic E-state index is 11.8. The molecule has 0 aliphatic rings. The smallest absolute Gasteiger partial charge is 0.426 e. The van der Waals surface area contributed by atoms with Crippen LogP contribution < -0.4 is 16.2 Å². The van der Waals surface area contributed by atoms with E-state index >= 15 is 0 Å². The molecule has 0 bridgehead atoms. The predicted molar refractivity (Wildman–Crippen MR) is 119 cm³/mol. The summed E-state index contributed by atoms with van der Waals surface area (Å²) < 4.78 is 5.04. The average molecular weight is 451 g/mol. The van der Waals surface area contributed by atoms with Crippen LogP contribution in [0.4, 0.5) is 14.7 Å². The lowest BCUT2D eigenvalue weighted by molar-refractivity contribution is -0.114. The van der Waals surface area contributed by atoms with Gasteiger partial charge in [0.2, 0.25) is 5.91 Å². The molecule has 0 aliphatic heterocycles. The molecule has 1 aromatic carbocycles. The van der Waals surface area contributed by atoms with E-state index in [4.69, 9.17) is 4.74 Å². The number of carbonyl (C=O) groups excluding carboxylic acids is 3. The molecule has 0 fully saturated rings. The maximum Gasteiger partial charge on any atom is 0.426 e. The number of rotatable bonds is 6. The molecule has 0 spiro atoms. The Kier molecular flexibility index (Phi) is 8.67. The summed E-state index contributed by atoms with van der Waals surface area (Å²) >= 11 is 2.46. The van der Waals surface area contributed by atoms with Crippen molar-refractivity contribution < 1.29 is 19.1 Å². The Balaban J connectivity index is 1.71. The number of nitrogens with zero attached hydrogens (tertiary/aromatic N) is 1. The van der Waals surface area contributed by atoms with Crippen molar-refractivity contribution >= 4 is 45.5 Å². The molecule has 0 unspecified atom stereocenters. The quantitative estimate of drug-likeness (QED) is 0.567. The van der Waals surface area contributed by atoms with Crippen LogP contribution in [0.15, 0.2) is 29.6 Å². The highest BCUT2D eigenvalue weighted by molar-refractivity contribution is 8.12. The lowest BCUT2D eigenvalue weighted by atomic mass is 10.1. The SMILES string of the molecule is CC(=O)Nc1nc(CCc2ccc(CSC(=O)NNC(=O)OC(C)(C)C)cc2)cs1. The van der Waals surface area contributed by atoms with Gasteiger partial charge in [0.25, 0.3) is 5.24 Å². The topological polar surface area (TPSA) is 109 Å². The number of aryl methyl sites for hydroxylation is 2. The van der Waals surface area contributed by atoms with E-state index in [0.29, 0.717) is 10.9 Å². The second-order valence-electron chi connectivity index (χ2n) is 7.47. The summed E-state index contributed by atoms with van der Waals surface area (Å²) in [6.07, 6.45) is 0.907. The van der Waals surface area contributed by atoms with E-state index in [0.717, 1.165) is 41.4 Å². The summed E-state index contributed by atoms with van der Waals surface area (Å²) in [5.41, 5.74) is 7.00. The molecule has 2 aromatic rings. The predicted octanol–water partition coefficient (Wildman–Crippen LogP) is 4.27. The molecule has 0 saturated heterocycles. The number of thiazole rings is 1. The summed E-state index contributed by atoms with van der Waals surface area (Å²) in [6, 6.07) is 7.99. The first kappa shape index (κ1) is 23.7. The zero-order valence-corrected chi connectivity index (χ0v) is 19.0. The van der Waals surface area contributed by atoms with Gasteiger partial charge in [-0.05, 0) is 44.7 Å². The van der Waals surface area contributed by atoms with Crippen LogP contribution in [0.25, 0.3) is 0 Å². The first-order valence-corrected chi connectivity index (χ1v) is 11.2. The lowest BCUT2D eigenvalue weighted by Gasteiger charge is -2.19. The van der Waals surface area contributed by atoms with Gasteiger partial charge in [0.1, 0.15) is 5.60 Å². The van der Waals surface area contributed by atoms with Crippen LogP contribution in [0.1, 0.15) is 44.5 Å². The molecule has 1 heterocycles. The minimum atomic E-state index is -0.704. The van der Waals surface area contributed by atoms with E-state index in [1.807, 2.05) is 29.6 Å². The van der Waals surface area contributed by atoms with Crippen molar-refractivity contribution in [2.24, 2.45) is 0 Å². The molecule has 3 N–H and O–H groups in total. The van der Waals surface area contributed by atoms with E-state index in [1.165, 1.54) is 18.3 Å². The minimum absolute atomic E-state index is 0.126. The standard InChI is InChI=1S/C20H26N4O4S2/c1-13(25)21-17-22-16(12-29-17)10-9-14-5-7-15(8-6-14)11-30-19(27)24-23-18(26)28-20(2,3)4/h5-8,12H,9-11H2,1-4H3,(H,23,26)(H,24,27)(H,21,22,25). The highest BCUT2D eigenvalue weighted by atomic mass is 32.2. The second-order valence-corrected chi connectivity index (χ2v) is 9.28. The summed E-state index contributed by atoms with van der Waals surface area (Å²) in [7, 11) is 0. The molecule has 0 radical (unpaired) electrons. The Morgan fingerprint density at radius 1 is 1.07 bits per heavy atom. The Morgan fingerprint density at radius 2 is 1.73 bits per heavy atom. The monoisotopic (exact) mass is 450 g/mol. The number of amides is 3. The van der Waals surface area contributed by atoms with Gasteiger partial charge in [-0.2, -0.15) is 0 Å².